The number of benzene rings is 1. The van der Waals surface area contributed by atoms with Gasteiger partial charge in [0.15, 0.2) is 5.69 Å². The number of nitrogens with one attached hydrogen (secondary N) is 1. The quantitative estimate of drug-likeness (QED) is 0.812. The van der Waals surface area contributed by atoms with Crippen molar-refractivity contribution >= 4 is 17.6 Å². The molecule has 0 radical (unpaired) electrons. The molecular weight excluding hydrogens is 358 g/mol. The van der Waals surface area contributed by atoms with E-state index in [-0.39, 0.29) is 11.8 Å². The van der Waals surface area contributed by atoms with Gasteiger partial charge >= 0.3 is 0 Å². The summed E-state index contributed by atoms with van der Waals surface area (Å²) >= 11 is 0. The minimum absolute atomic E-state index is 0.0388. The maximum Gasteiger partial charge on any atom is 0.274 e. The Balaban J connectivity index is 1.47. The zero-order chi connectivity index (χ0) is 19.9. The number of carbonyl (C=O) groups excluding carboxylic acids is 2. The molecule has 0 spiro atoms. The van der Waals surface area contributed by atoms with Crippen molar-refractivity contribution in [2.75, 3.05) is 45.2 Å². The lowest BCUT2D eigenvalue weighted by molar-refractivity contribution is -0.130. The number of ether oxygens (including phenoxy) is 1. The van der Waals surface area contributed by atoms with Gasteiger partial charge in [0, 0.05) is 39.6 Å². The molecule has 0 atom stereocenters. The van der Waals surface area contributed by atoms with Crippen LogP contribution < -0.4 is 10.1 Å². The maximum absolute atomic E-state index is 12.5. The Morgan fingerprint density at radius 1 is 1.00 bits per heavy atom. The second kappa shape index (κ2) is 9.16. The van der Waals surface area contributed by atoms with Gasteiger partial charge in [-0.15, -0.1) is 10.2 Å². The van der Waals surface area contributed by atoms with E-state index in [1.165, 1.54) is 5.56 Å². The summed E-state index contributed by atoms with van der Waals surface area (Å²) in [5.41, 5.74) is 1.51. The molecule has 2 aromatic rings. The van der Waals surface area contributed by atoms with Crippen molar-refractivity contribution < 1.29 is 14.3 Å². The van der Waals surface area contributed by atoms with Crippen molar-refractivity contribution in [1.82, 2.24) is 20.0 Å². The fourth-order valence-electron chi connectivity index (χ4n) is 3.05. The van der Waals surface area contributed by atoms with E-state index in [2.05, 4.69) is 15.5 Å². The van der Waals surface area contributed by atoms with Crippen LogP contribution in [0.2, 0.25) is 0 Å². The molecule has 1 N–H and O–H groups in total. The predicted molar refractivity (Wildman–Crippen MR) is 105 cm³/mol. The third-order valence-corrected chi connectivity index (χ3v) is 4.77. The molecule has 1 saturated heterocycles. The molecule has 1 aliphatic rings. The third kappa shape index (κ3) is 4.97. The summed E-state index contributed by atoms with van der Waals surface area (Å²) in [6.07, 6.45) is 0.840. The fraction of sp³-hybridized carbons (Fsp3) is 0.400. The third-order valence-electron chi connectivity index (χ3n) is 4.77. The van der Waals surface area contributed by atoms with Crippen molar-refractivity contribution in [3.05, 3.63) is 47.7 Å². The maximum atomic E-state index is 12.5. The Morgan fingerprint density at radius 3 is 2.25 bits per heavy atom. The van der Waals surface area contributed by atoms with Crippen LogP contribution in [0.5, 0.6) is 5.75 Å². The van der Waals surface area contributed by atoms with E-state index >= 15 is 0 Å². The molecule has 1 aromatic carbocycles. The molecule has 0 unspecified atom stereocenters. The number of carbonyl (C=O) groups is 2. The van der Waals surface area contributed by atoms with E-state index in [9.17, 15) is 9.59 Å². The van der Waals surface area contributed by atoms with E-state index in [0.717, 1.165) is 12.2 Å². The molecule has 0 saturated carbocycles. The Hall–Kier alpha value is -3.16. The first-order valence-electron chi connectivity index (χ1n) is 9.32. The topological polar surface area (TPSA) is 87.7 Å². The van der Waals surface area contributed by atoms with Crippen LogP contribution in [0.3, 0.4) is 0 Å². The lowest BCUT2D eigenvalue weighted by Gasteiger charge is -2.33. The molecule has 148 valence electrons. The number of anilines is 1. The number of methoxy groups -OCH3 is 1. The molecule has 8 heteroatoms. The van der Waals surface area contributed by atoms with Gasteiger partial charge in [-0.05, 0) is 36.2 Å². The first kappa shape index (κ1) is 19.6. The zero-order valence-corrected chi connectivity index (χ0v) is 16.2. The molecule has 1 fully saturated rings. The SMILES string of the molecule is COc1ccc(CCNc2ccc(C(=O)N3CCN(C(C)=O)CC3)nn2)cc1. The number of piperazine rings is 1. The molecule has 8 nitrogen and oxygen atoms in total. The molecule has 1 aromatic heterocycles. The van der Waals surface area contributed by atoms with Crippen molar-refractivity contribution in [2.45, 2.75) is 13.3 Å². The van der Waals surface area contributed by atoms with Gasteiger partial charge in [-0.25, -0.2) is 0 Å². The van der Waals surface area contributed by atoms with Gasteiger partial charge in [-0.1, -0.05) is 12.1 Å². The van der Waals surface area contributed by atoms with Crippen LogP contribution in [0.25, 0.3) is 0 Å². The molecule has 28 heavy (non-hydrogen) atoms. The lowest BCUT2D eigenvalue weighted by atomic mass is 10.1. The summed E-state index contributed by atoms with van der Waals surface area (Å²) in [5.74, 6) is 1.36. The van der Waals surface area contributed by atoms with E-state index < -0.39 is 0 Å². The van der Waals surface area contributed by atoms with Crippen LogP contribution >= 0.6 is 0 Å². The first-order chi connectivity index (χ1) is 13.6. The van der Waals surface area contributed by atoms with Gasteiger partial charge in [-0.3, -0.25) is 9.59 Å². The van der Waals surface area contributed by atoms with Gasteiger partial charge in [0.1, 0.15) is 11.6 Å². The number of hydrogen-bond acceptors (Lipinski definition) is 6. The fourth-order valence-corrected chi connectivity index (χ4v) is 3.05. The van der Waals surface area contributed by atoms with E-state index in [0.29, 0.717) is 44.2 Å². The molecule has 0 bridgehead atoms. The highest BCUT2D eigenvalue weighted by molar-refractivity contribution is 5.92. The smallest absolute Gasteiger partial charge is 0.274 e. The molecule has 1 aliphatic heterocycles. The van der Waals surface area contributed by atoms with Gasteiger partial charge in [0.2, 0.25) is 5.91 Å². The van der Waals surface area contributed by atoms with Gasteiger partial charge in [0.05, 0.1) is 7.11 Å². The number of nitrogens with zero attached hydrogens (tertiary/aromatic N) is 4. The summed E-state index contributed by atoms with van der Waals surface area (Å²) in [6, 6.07) is 11.4. The second-order valence-corrected chi connectivity index (χ2v) is 6.63. The van der Waals surface area contributed by atoms with Crippen molar-refractivity contribution in [1.29, 1.82) is 0 Å². The Bertz CT molecular complexity index is 800. The van der Waals surface area contributed by atoms with Crippen molar-refractivity contribution in [3.8, 4) is 5.75 Å². The first-order valence-corrected chi connectivity index (χ1v) is 9.32. The zero-order valence-electron chi connectivity index (χ0n) is 16.2. The second-order valence-electron chi connectivity index (χ2n) is 6.63. The summed E-state index contributed by atoms with van der Waals surface area (Å²) < 4.78 is 5.15. The number of amides is 2. The summed E-state index contributed by atoms with van der Waals surface area (Å²) in [7, 11) is 1.65. The highest BCUT2D eigenvalue weighted by atomic mass is 16.5. The number of rotatable bonds is 6. The van der Waals surface area contributed by atoms with Crippen LogP contribution in [-0.2, 0) is 11.2 Å². The number of hydrogen-bond donors (Lipinski definition) is 1. The highest BCUT2D eigenvalue weighted by Crippen LogP contribution is 2.12. The summed E-state index contributed by atoms with van der Waals surface area (Å²) in [4.78, 5) is 27.4. The van der Waals surface area contributed by atoms with Crippen molar-refractivity contribution in [3.63, 3.8) is 0 Å². The van der Waals surface area contributed by atoms with Crippen LogP contribution in [0.1, 0.15) is 23.0 Å². The van der Waals surface area contributed by atoms with Gasteiger partial charge in [-0.2, -0.15) is 0 Å². The van der Waals surface area contributed by atoms with E-state index in [1.807, 2.05) is 24.3 Å². The standard InChI is InChI=1S/C20H25N5O3/c1-15(26)24-11-13-25(14-12-24)20(27)18-7-8-19(23-22-18)21-10-9-16-3-5-17(28-2)6-4-16/h3-8H,9-14H2,1-2H3,(H,21,23). The Labute approximate surface area is 164 Å². The largest absolute Gasteiger partial charge is 0.497 e. The average molecular weight is 383 g/mol. The molecule has 2 heterocycles. The minimum atomic E-state index is -0.152. The average Bonchev–Trinajstić information content (AvgIpc) is 2.74. The van der Waals surface area contributed by atoms with Gasteiger partial charge in [0.25, 0.3) is 5.91 Å². The normalized spacial score (nSPS) is 13.9. The Kier molecular flexibility index (Phi) is 6.41. The molecule has 3 rings (SSSR count). The highest BCUT2D eigenvalue weighted by Gasteiger charge is 2.24. The van der Waals surface area contributed by atoms with E-state index in [1.54, 1.807) is 36.0 Å². The Morgan fingerprint density at radius 2 is 1.68 bits per heavy atom. The summed E-state index contributed by atoms with van der Waals surface area (Å²) in [5, 5.41) is 11.4. The minimum Gasteiger partial charge on any atom is -0.497 e. The van der Waals surface area contributed by atoms with E-state index in [4.69, 9.17) is 4.74 Å². The van der Waals surface area contributed by atoms with Crippen LogP contribution in [0.15, 0.2) is 36.4 Å². The van der Waals surface area contributed by atoms with Crippen LogP contribution in [0.4, 0.5) is 5.82 Å². The predicted octanol–water partition coefficient (Wildman–Crippen LogP) is 1.44. The van der Waals surface area contributed by atoms with Crippen molar-refractivity contribution in [2.24, 2.45) is 0 Å². The summed E-state index contributed by atoms with van der Waals surface area (Å²) in [6.45, 7) is 4.40. The monoisotopic (exact) mass is 383 g/mol. The van der Waals surface area contributed by atoms with Crippen LogP contribution in [-0.4, -0.2) is 71.6 Å². The van der Waals surface area contributed by atoms with Crippen LogP contribution in [0, 0.1) is 0 Å². The molecule has 2 amide bonds. The molecular formula is C20H25N5O3. The molecule has 0 aliphatic carbocycles. The van der Waals surface area contributed by atoms with Gasteiger partial charge < -0.3 is 19.9 Å². The lowest BCUT2D eigenvalue weighted by Crippen LogP contribution is -2.50. The number of aromatic nitrogens is 2.